The molecule has 1 aromatic carbocycles. The number of nitrogens with zero attached hydrogens (tertiary/aromatic N) is 1. The summed E-state index contributed by atoms with van der Waals surface area (Å²) < 4.78 is 0. The van der Waals surface area contributed by atoms with E-state index >= 15 is 0 Å². The molecule has 3 N–H and O–H groups in total. The van der Waals surface area contributed by atoms with E-state index in [1.165, 1.54) is 0 Å². The maximum atomic E-state index is 10.1. The number of aliphatic hydroxyl groups excluding tert-OH is 2. The Morgan fingerprint density at radius 3 is 2.26 bits per heavy atom. The number of benzene rings is 1. The van der Waals surface area contributed by atoms with Crippen molar-refractivity contribution < 1.29 is 10.2 Å². The normalized spacial score (nSPS) is 13.0. The third-order valence-corrected chi connectivity index (χ3v) is 3.75. The summed E-state index contributed by atoms with van der Waals surface area (Å²) in [5, 5.41) is 31.5. The zero-order chi connectivity index (χ0) is 14.3. The van der Waals surface area contributed by atoms with Crippen LogP contribution in [-0.4, -0.2) is 28.9 Å². The molecule has 0 fully saturated rings. The van der Waals surface area contributed by atoms with Crippen LogP contribution in [-0.2, 0) is 0 Å². The molecule has 4 nitrogen and oxygen atoms in total. The molecule has 1 unspecified atom stereocenters. The van der Waals surface area contributed by atoms with Crippen molar-refractivity contribution in [2.45, 2.75) is 38.3 Å². The Labute approximate surface area is 114 Å². The van der Waals surface area contributed by atoms with E-state index in [-0.39, 0.29) is 12.1 Å². The van der Waals surface area contributed by atoms with E-state index in [0.29, 0.717) is 12.1 Å². The highest BCUT2D eigenvalue weighted by Gasteiger charge is 2.25. The predicted octanol–water partition coefficient (Wildman–Crippen LogP) is 1.73. The summed E-state index contributed by atoms with van der Waals surface area (Å²) in [5.74, 6) is 0. The Morgan fingerprint density at radius 1 is 1.26 bits per heavy atom. The molecule has 104 valence electrons. The standard InChI is InChI=1S/C15H22N2O2/c1-3-15(4-2,11-18)17-10-14(19)13-7-5-12(9-16)6-8-13/h5-8,14,17-19H,3-4,10-11H2,1-2H3. The van der Waals surface area contributed by atoms with Crippen LogP contribution in [0.5, 0.6) is 0 Å². The molecule has 1 atom stereocenters. The summed E-state index contributed by atoms with van der Waals surface area (Å²) in [6.07, 6.45) is 0.969. The van der Waals surface area contributed by atoms with Crippen molar-refractivity contribution in [3.8, 4) is 6.07 Å². The van der Waals surface area contributed by atoms with Gasteiger partial charge in [0.1, 0.15) is 0 Å². The minimum atomic E-state index is -0.642. The monoisotopic (exact) mass is 262 g/mol. The molecule has 0 bridgehead atoms. The molecule has 0 aliphatic rings. The first-order valence-corrected chi connectivity index (χ1v) is 6.64. The molecule has 1 rings (SSSR count). The zero-order valence-electron chi connectivity index (χ0n) is 11.6. The molecule has 1 aromatic rings. The average Bonchev–Trinajstić information content (AvgIpc) is 2.49. The number of β-amino-alcohol motifs (C(OH)–C–C–N with tert-alkyl or cyclic N) is 1. The Morgan fingerprint density at radius 2 is 1.84 bits per heavy atom. The molecule has 0 saturated carbocycles. The van der Waals surface area contributed by atoms with Crippen LogP contribution in [0.4, 0.5) is 0 Å². The second-order valence-corrected chi connectivity index (χ2v) is 4.78. The van der Waals surface area contributed by atoms with Gasteiger partial charge < -0.3 is 15.5 Å². The second-order valence-electron chi connectivity index (χ2n) is 4.78. The van der Waals surface area contributed by atoms with Gasteiger partial charge in [-0.1, -0.05) is 26.0 Å². The highest BCUT2D eigenvalue weighted by molar-refractivity contribution is 5.32. The maximum Gasteiger partial charge on any atom is 0.0991 e. The molecule has 4 heteroatoms. The lowest BCUT2D eigenvalue weighted by Crippen LogP contribution is -2.49. The van der Waals surface area contributed by atoms with Gasteiger partial charge in [-0.15, -0.1) is 0 Å². The number of hydrogen-bond acceptors (Lipinski definition) is 4. The molecule has 0 aromatic heterocycles. The molecular weight excluding hydrogens is 240 g/mol. The van der Waals surface area contributed by atoms with Crippen LogP contribution in [0.3, 0.4) is 0 Å². The summed E-state index contributed by atoms with van der Waals surface area (Å²) in [6, 6.07) is 8.94. The molecule has 0 aliphatic carbocycles. The van der Waals surface area contributed by atoms with Crippen molar-refractivity contribution in [2.75, 3.05) is 13.2 Å². The van der Waals surface area contributed by atoms with E-state index in [0.717, 1.165) is 18.4 Å². The van der Waals surface area contributed by atoms with Gasteiger partial charge in [-0.3, -0.25) is 0 Å². The van der Waals surface area contributed by atoms with Gasteiger partial charge in [0.15, 0.2) is 0 Å². The first-order valence-electron chi connectivity index (χ1n) is 6.64. The van der Waals surface area contributed by atoms with Crippen molar-refractivity contribution in [3.05, 3.63) is 35.4 Å². The van der Waals surface area contributed by atoms with Gasteiger partial charge in [0.25, 0.3) is 0 Å². The molecule has 0 radical (unpaired) electrons. The van der Waals surface area contributed by atoms with E-state index in [4.69, 9.17) is 5.26 Å². The van der Waals surface area contributed by atoms with Gasteiger partial charge in [0.2, 0.25) is 0 Å². The minimum absolute atomic E-state index is 0.0556. The van der Waals surface area contributed by atoms with E-state index in [9.17, 15) is 10.2 Å². The van der Waals surface area contributed by atoms with Crippen molar-refractivity contribution >= 4 is 0 Å². The Kier molecular flexibility index (Phi) is 5.97. The largest absolute Gasteiger partial charge is 0.394 e. The van der Waals surface area contributed by atoms with Crippen molar-refractivity contribution in [1.29, 1.82) is 5.26 Å². The quantitative estimate of drug-likeness (QED) is 0.699. The predicted molar refractivity (Wildman–Crippen MR) is 74.5 cm³/mol. The first-order chi connectivity index (χ1) is 9.10. The summed E-state index contributed by atoms with van der Waals surface area (Å²) in [4.78, 5) is 0. The molecule has 0 aliphatic heterocycles. The van der Waals surface area contributed by atoms with Gasteiger partial charge >= 0.3 is 0 Å². The van der Waals surface area contributed by atoms with Crippen molar-refractivity contribution in [3.63, 3.8) is 0 Å². The van der Waals surface area contributed by atoms with Gasteiger partial charge in [-0.05, 0) is 30.5 Å². The zero-order valence-corrected chi connectivity index (χ0v) is 11.6. The fraction of sp³-hybridized carbons (Fsp3) is 0.533. The highest BCUT2D eigenvalue weighted by Crippen LogP contribution is 2.17. The smallest absolute Gasteiger partial charge is 0.0991 e. The van der Waals surface area contributed by atoms with Crippen LogP contribution in [0.15, 0.2) is 24.3 Å². The van der Waals surface area contributed by atoms with E-state index in [2.05, 4.69) is 5.32 Å². The lowest BCUT2D eigenvalue weighted by molar-refractivity contribution is 0.114. The van der Waals surface area contributed by atoms with Crippen LogP contribution < -0.4 is 5.32 Å². The summed E-state index contributed by atoms with van der Waals surface area (Å²) in [6.45, 7) is 4.47. The Hall–Kier alpha value is -1.41. The van der Waals surface area contributed by atoms with Crippen LogP contribution in [0.1, 0.15) is 43.9 Å². The fourth-order valence-corrected chi connectivity index (χ4v) is 1.99. The number of nitriles is 1. The minimum Gasteiger partial charge on any atom is -0.394 e. The van der Waals surface area contributed by atoms with E-state index < -0.39 is 6.10 Å². The number of hydrogen-bond donors (Lipinski definition) is 3. The summed E-state index contributed by atoms with van der Waals surface area (Å²) in [7, 11) is 0. The number of aliphatic hydroxyl groups is 2. The van der Waals surface area contributed by atoms with Gasteiger partial charge in [-0.2, -0.15) is 5.26 Å². The lowest BCUT2D eigenvalue weighted by Gasteiger charge is -2.32. The Bertz CT molecular complexity index is 411. The van der Waals surface area contributed by atoms with Gasteiger partial charge in [0, 0.05) is 12.1 Å². The van der Waals surface area contributed by atoms with Gasteiger partial charge in [-0.25, -0.2) is 0 Å². The summed E-state index contributed by atoms with van der Waals surface area (Å²) >= 11 is 0. The van der Waals surface area contributed by atoms with Crippen molar-refractivity contribution in [1.82, 2.24) is 5.32 Å². The highest BCUT2D eigenvalue weighted by atomic mass is 16.3. The number of rotatable bonds is 7. The van der Waals surface area contributed by atoms with Crippen LogP contribution in [0, 0.1) is 11.3 Å². The molecule has 19 heavy (non-hydrogen) atoms. The molecule has 0 heterocycles. The first kappa shape index (κ1) is 15.6. The topological polar surface area (TPSA) is 76.3 Å². The van der Waals surface area contributed by atoms with E-state index in [1.54, 1.807) is 24.3 Å². The third-order valence-electron chi connectivity index (χ3n) is 3.75. The maximum absolute atomic E-state index is 10.1. The summed E-state index contributed by atoms with van der Waals surface area (Å²) in [5.41, 5.74) is 1.02. The van der Waals surface area contributed by atoms with Crippen LogP contribution in [0.2, 0.25) is 0 Å². The number of nitrogens with one attached hydrogen (secondary N) is 1. The van der Waals surface area contributed by atoms with Crippen molar-refractivity contribution in [2.24, 2.45) is 0 Å². The molecule has 0 spiro atoms. The van der Waals surface area contributed by atoms with Crippen LogP contribution in [0.25, 0.3) is 0 Å². The SMILES string of the molecule is CCC(CC)(CO)NCC(O)c1ccc(C#N)cc1. The van der Waals surface area contributed by atoms with Crippen LogP contribution >= 0.6 is 0 Å². The Balaban J connectivity index is 2.64. The second kappa shape index (κ2) is 7.25. The lowest BCUT2D eigenvalue weighted by atomic mass is 9.93. The molecule has 0 amide bonds. The average molecular weight is 262 g/mol. The van der Waals surface area contributed by atoms with Gasteiger partial charge in [0.05, 0.1) is 24.3 Å². The molecular formula is C15H22N2O2. The third kappa shape index (κ3) is 4.03. The molecule has 0 saturated heterocycles. The van der Waals surface area contributed by atoms with E-state index in [1.807, 2.05) is 19.9 Å². The fourth-order valence-electron chi connectivity index (χ4n) is 1.99.